The lowest BCUT2D eigenvalue weighted by Crippen LogP contribution is -2.44. The first-order valence-electron chi connectivity index (χ1n) is 4.14. The summed E-state index contributed by atoms with van der Waals surface area (Å²) in [6, 6.07) is 0.295. The van der Waals surface area contributed by atoms with Gasteiger partial charge in [-0.2, -0.15) is 11.8 Å². The van der Waals surface area contributed by atoms with E-state index in [9.17, 15) is 4.79 Å². The van der Waals surface area contributed by atoms with E-state index in [-0.39, 0.29) is 12.4 Å². The lowest BCUT2D eigenvalue weighted by Gasteiger charge is -2.35. The van der Waals surface area contributed by atoms with Crippen molar-refractivity contribution in [3.63, 3.8) is 0 Å². The van der Waals surface area contributed by atoms with Gasteiger partial charge in [0.2, 0.25) is 0 Å². The molecule has 2 bridgehead atoms. The number of halogens is 1. The molecule has 2 nitrogen and oxygen atoms in total. The highest BCUT2D eigenvalue weighted by Gasteiger charge is 2.37. The average molecular weight is 208 g/mol. The van der Waals surface area contributed by atoms with E-state index in [1.165, 1.54) is 0 Å². The molecule has 1 aliphatic heterocycles. The van der Waals surface area contributed by atoms with Crippen LogP contribution in [0.25, 0.3) is 0 Å². The van der Waals surface area contributed by atoms with Crippen molar-refractivity contribution < 1.29 is 4.79 Å². The maximum Gasteiger partial charge on any atom is 0.140 e. The van der Waals surface area contributed by atoms with E-state index in [4.69, 9.17) is 5.73 Å². The number of nitrogens with two attached hydrogens (primary N) is 1. The summed E-state index contributed by atoms with van der Waals surface area (Å²) < 4.78 is 0. The first-order valence-corrected chi connectivity index (χ1v) is 5.30. The van der Waals surface area contributed by atoms with E-state index in [0.29, 0.717) is 23.7 Å². The van der Waals surface area contributed by atoms with Crippen molar-refractivity contribution >= 4 is 30.0 Å². The van der Waals surface area contributed by atoms with Crippen molar-refractivity contribution in [2.45, 2.75) is 18.9 Å². The summed E-state index contributed by atoms with van der Waals surface area (Å²) in [5, 5.41) is 0. The Morgan fingerprint density at radius 1 is 1.25 bits per heavy atom. The van der Waals surface area contributed by atoms with Gasteiger partial charge < -0.3 is 5.73 Å². The molecule has 0 aromatic rings. The van der Waals surface area contributed by atoms with Crippen molar-refractivity contribution in [2.75, 3.05) is 11.5 Å². The number of rotatable bonds is 0. The highest BCUT2D eigenvalue weighted by atomic mass is 35.5. The van der Waals surface area contributed by atoms with Gasteiger partial charge in [0.1, 0.15) is 5.78 Å². The Balaban J connectivity index is 0.000000720. The topological polar surface area (TPSA) is 43.1 Å². The van der Waals surface area contributed by atoms with Crippen molar-refractivity contribution in [3.05, 3.63) is 0 Å². The Morgan fingerprint density at radius 2 is 1.75 bits per heavy atom. The van der Waals surface area contributed by atoms with Gasteiger partial charge in [0.05, 0.1) is 0 Å². The fourth-order valence-electron chi connectivity index (χ4n) is 2.05. The van der Waals surface area contributed by atoms with E-state index in [2.05, 4.69) is 0 Å². The molecule has 1 unspecified atom stereocenters. The van der Waals surface area contributed by atoms with E-state index < -0.39 is 0 Å². The van der Waals surface area contributed by atoms with E-state index in [0.717, 1.165) is 24.3 Å². The number of carbonyl (C=O) groups excluding carboxylic acids is 1. The van der Waals surface area contributed by atoms with Crippen LogP contribution >= 0.6 is 24.2 Å². The van der Waals surface area contributed by atoms with Crippen LogP contribution in [-0.2, 0) is 4.79 Å². The smallest absolute Gasteiger partial charge is 0.140 e. The quantitative estimate of drug-likeness (QED) is 0.647. The fourth-order valence-corrected chi connectivity index (χ4v) is 3.35. The van der Waals surface area contributed by atoms with Gasteiger partial charge in [0.15, 0.2) is 0 Å². The summed E-state index contributed by atoms with van der Waals surface area (Å²) in [4.78, 5) is 11.5. The molecular weight excluding hydrogens is 194 g/mol. The number of ketones is 1. The summed E-state index contributed by atoms with van der Waals surface area (Å²) in [5.74, 6) is 3.11. The van der Waals surface area contributed by atoms with Crippen molar-refractivity contribution in [2.24, 2.45) is 17.6 Å². The first-order chi connectivity index (χ1) is 5.27. The van der Waals surface area contributed by atoms with Crippen LogP contribution in [0, 0.1) is 11.8 Å². The Labute approximate surface area is 83.1 Å². The molecule has 2 fully saturated rings. The molecule has 12 heavy (non-hydrogen) atoms. The zero-order valence-corrected chi connectivity index (χ0v) is 8.50. The van der Waals surface area contributed by atoms with Gasteiger partial charge in [-0.05, 0) is 12.8 Å². The summed E-state index contributed by atoms with van der Waals surface area (Å²) in [6.45, 7) is 0. The van der Waals surface area contributed by atoms with Crippen LogP contribution < -0.4 is 5.73 Å². The first kappa shape index (κ1) is 10.4. The third-order valence-corrected chi connectivity index (χ3v) is 3.89. The highest BCUT2D eigenvalue weighted by Crippen LogP contribution is 2.34. The number of fused-ring (bicyclic) bond motifs is 2. The second-order valence-corrected chi connectivity index (χ2v) is 4.64. The van der Waals surface area contributed by atoms with E-state index in [1.807, 2.05) is 11.8 Å². The monoisotopic (exact) mass is 207 g/mol. The molecule has 1 aliphatic carbocycles. The lowest BCUT2D eigenvalue weighted by atomic mass is 9.79. The minimum atomic E-state index is 0. The van der Waals surface area contributed by atoms with Gasteiger partial charge in [0, 0.05) is 29.4 Å². The van der Waals surface area contributed by atoms with Gasteiger partial charge in [-0.1, -0.05) is 0 Å². The number of Topliss-reactive ketones (excluding diaryl/α,β-unsaturated/α-hetero) is 1. The fraction of sp³-hybridized carbons (Fsp3) is 0.875. The van der Waals surface area contributed by atoms with Crippen LogP contribution in [0.2, 0.25) is 0 Å². The average Bonchev–Trinajstić information content (AvgIpc) is 1.92. The summed E-state index contributed by atoms with van der Waals surface area (Å²) in [6.07, 6.45) is 1.87. The molecule has 0 radical (unpaired) electrons. The molecule has 2 rings (SSSR count). The predicted octanol–water partition coefficient (Wildman–Crippen LogP) is 1.08. The minimum Gasteiger partial charge on any atom is -0.328 e. The Hall–Kier alpha value is 0.270. The van der Waals surface area contributed by atoms with Crippen LogP contribution in [0.1, 0.15) is 12.8 Å². The molecule has 2 aliphatic rings. The van der Waals surface area contributed by atoms with Crippen molar-refractivity contribution in [1.82, 2.24) is 0 Å². The molecule has 1 saturated carbocycles. The number of carbonyl (C=O) groups is 1. The third kappa shape index (κ3) is 1.78. The zero-order chi connectivity index (χ0) is 7.84. The molecule has 0 spiro atoms. The van der Waals surface area contributed by atoms with Gasteiger partial charge in [-0.15, -0.1) is 12.4 Å². The van der Waals surface area contributed by atoms with Crippen LogP contribution in [0.4, 0.5) is 0 Å². The van der Waals surface area contributed by atoms with Crippen molar-refractivity contribution in [3.8, 4) is 0 Å². The van der Waals surface area contributed by atoms with Crippen LogP contribution in [0.3, 0.4) is 0 Å². The Bertz CT molecular complexity index is 172. The molecule has 3 atom stereocenters. The van der Waals surface area contributed by atoms with Gasteiger partial charge in [-0.3, -0.25) is 4.79 Å². The zero-order valence-electron chi connectivity index (χ0n) is 6.86. The Morgan fingerprint density at radius 3 is 2.25 bits per heavy atom. The molecule has 1 heterocycles. The number of hydrogen-bond acceptors (Lipinski definition) is 3. The number of thioether (sulfide) groups is 1. The van der Waals surface area contributed by atoms with E-state index >= 15 is 0 Å². The molecule has 2 N–H and O–H groups in total. The summed E-state index contributed by atoms with van der Waals surface area (Å²) in [5.41, 5.74) is 5.83. The second-order valence-electron chi connectivity index (χ2n) is 3.57. The lowest BCUT2D eigenvalue weighted by molar-refractivity contribution is -0.128. The highest BCUT2D eigenvalue weighted by molar-refractivity contribution is 7.99. The second kappa shape index (κ2) is 3.99. The normalized spacial score (nSPS) is 40.4. The number of hydrogen-bond donors (Lipinski definition) is 1. The standard InChI is InChI=1S/C8H13NOS.ClH/c9-7-1-5-3-11-4-6(2-7)8(5)10;/h5-7H,1-4,9H2;1H/t5-,6+,7?;. The molecule has 0 aromatic carbocycles. The molecule has 0 aromatic heterocycles. The maximum absolute atomic E-state index is 11.5. The van der Waals surface area contributed by atoms with Gasteiger partial charge >= 0.3 is 0 Å². The molecule has 1 saturated heterocycles. The SMILES string of the molecule is Cl.NC1C[C@H]2CSC[C@@H](C1)C2=O. The molecule has 0 amide bonds. The predicted molar refractivity (Wildman–Crippen MR) is 53.8 cm³/mol. The van der Waals surface area contributed by atoms with Crippen molar-refractivity contribution in [1.29, 1.82) is 0 Å². The van der Waals surface area contributed by atoms with E-state index in [1.54, 1.807) is 0 Å². The molecule has 4 heteroatoms. The van der Waals surface area contributed by atoms with Crippen LogP contribution in [0.15, 0.2) is 0 Å². The third-order valence-electron chi connectivity index (χ3n) is 2.62. The Kier molecular flexibility index (Phi) is 3.44. The summed E-state index contributed by atoms with van der Waals surface area (Å²) >= 11 is 1.92. The summed E-state index contributed by atoms with van der Waals surface area (Å²) in [7, 11) is 0. The maximum atomic E-state index is 11.5. The molecule has 70 valence electrons. The van der Waals surface area contributed by atoms with Gasteiger partial charge in [-0.25, -0.2) is 0 Å². The van der Waals surface area contributed by atoms with Crippen LogP contribution in [0.5, 0.6) is 0 Å². The minimum absolute atomic E-state index is 0. The van der Waals surface area contributed by atoms with Crippen LogP contribution in [-0.4, -0.2) is 23.3 Å². The largest absolute Gasteiger partial charge is 0.328 e. The molecular formula is C8H14ClNOS. The van der Waals surface area contributed by atoms with Gasteiger partial charge in [0.25, 0.3) is 0 Å².